The lowest BCUT2D eigenvalue weighted by atomic mass is 10.3. The molecule has 0 aliphatic heterocycles. The van der Waals surface area contributed by atoms with Gasteiger partial charge in [0.15, 0.2) is 5.69 Å². The molecule has 0 aliphatic carbocycles. The molecule has 66 valence electrons. The van der Waals surface area contributed by atoms with Crippen LogP contribution in [0.15, 0.2) is 11.1 Å². The minimum Gasteiger partial charge on any atom is -0.492 e. The van der Waals surface area contributed by atoms with Crippen LogP contribution in [-0.4, -0.2) is 21.1 Å². The summed E-state index contributed by atoms with van der Waals surface area (Å²) in [6.45, 7) is 3.73. The molecule has 1 rings (SSSR count). The summed E-state index contributed by atoms with van der Waals surface area (Å²) in [5.41, 5.74) is -0.247. The van der Waals surface area contributed by atoms with Crippen molar-refractivity contribution >= 4 is 5.69 Å². The molecule has 0 spiro atoms. The third kappa shape index (κ3) is 1.75. The molecule has 5 heteroatoms. The highest BCUT2D eigenvalue weighted by molar-refractivity contribution is 5.49. The van der Waals surface area contributed by atoms with E-state index in [1.165, 1.54) is 0 Å². The number of rotatable bonds is 2. The molecular formula is C7H11N3O2. The van der Waals surface area contributed by atoms with Gasteiger partial charge < -0.3 is 15.4 Å². The molecule has 0 amide bonds. The van der Waals surface area contributed by atoms with E-state index in [2.05, 4.69) is 15.3 Å². The third-order valence-corrected chi connectivity index (χ3v) is 1.27. The van der Waals surface area contributed by atoms with E-state index in [1.807, 2.05) is 13.8 Å². The van der Waals surface area contributed by atoms with Gasteiger partial charge in [0.05, 0.1) is 6.33 Å². The fourth-order valence-electron chi connectivity index (χ4n) is 0.809. The second-order valence-corrected chi connectivity index (χ2v) is 2.73. The number of aromatic amines is 1. The Morgan fingerprint density at radius 3 is 2.83 bits per heavy atom. The molecule has 1 aromatic rings. The van der Waals surface area contributed by atoms with Crippen LogP contribution in [0.25, 0.3) is 0 Å². The number of aromatic hydroxyl groups is 1. The highest BCUT2D eigenvalue weighted by Gasteiger charge is 2.06. The highest BCUT2D eigenvalue weighted by atomic mass is 16.3. The van der Waals surface area contributed by atoms with Crippen LogP contribution in [0.1, 0.15) is 13.8 Å². The van der Waals surface area contributed by atoms with Crippen molar-refractivity contribution in [3.05, 3.63) is 16.7 Å². The first kappa shape index (κ1) is 8.58. The number of nitrogens with zero attached hydrogens (tertiary/aromatic N) is 1. The van der Waals surface area contributed by atoms with Gasteiger partial charge in [-0.3, -0.25) is 4.79 Å². The van der Waals surface area contributed by atoms with E-state index in [0.29, 0.717) is 0 Å². The van der Waals surface area contributed by atoms with Gasteiger partial charge in [-0.1, -0.05) is 0 Å². The minimum absolute atomic E-state index is 0.0844. The summed E-state index contributed by atoms with van der Waals surface area (Å²) in [6, 6.07) is 0.0844. The van der Waals surface area contributed by atoms with Crippen molar-refractivity contribution in [2.45, 2.75) is 19.9 Å². The van der Waals surface area contributed by atoms with Crippen LogP contribution in [0.2, 0.25) is 0 Å². The summed E-state index contributed by atoms with van der Waals surface area (Å²) >= 11 is 0. The highest BCUT2D eigenvalue weighted by Crippen LogP contribution is 2.12. The van der Waals surface area contributed by atoms with Gasteiger partial charge in [0, 0.05) is 6.04 Å². The Balaban J connectivity index is 3.05. The van der Waals surface area contributed by atoms with E-state index in [-0.39, 0.29) is 23.2 Å². The quantitative estimate of drug-likeness (QED) is 0.594. The SMILES string of the molecule is CC(C)Nc1c(O)nc[nH]c1=O. The summed E-state index contributed by atoms with van der Waals surface area (Å²) in [4.78, 5) is 16.9. The van der Waals surface area contributed by atoms with Gasteiger partial charge >= 0.3 is 0 Å². The lowest BCUT2D eigenvalue weighted by Gasteiger charge is -2.08. The van der Waals surface area contributed by atoms with E-state index in [0.717, 1.165) is 6.33 Å². The average Bonchev–Trinajstić information content (AvgIpc) is 1.97. The van der Waals surface area contributed by atoms with Crippen molar-refractivity contribution in [3.63, 3.8) is 0 Å². The maximum Gasteiger partial charge on any atom is 0.278 e. The van der Waals surface area contributed by atoms with Gasteiger partial charge in [-0.2, -0.15) is 0 Å². The molecule has 0 unspecified atom stereocenters. The monoisotopic (exact) mass is 169 g/mol. The van der Waals surface area contributed by atoms with Crippen molar-refractivity contribution < 1.29 is 5.11 Å². The predicted molar refractivity (Wildman–Crippen MR) is 45.3 cm³/mol. The number of anilines is 1. The molecule has 5 nitrogen and oxygen atoms in total. The first-order valence-electron chi connectivity index (χ1n) is 3.64. The molecule has 0 aromatic carbocycles. The molecule has 0 atom stereocenters. The maximum absolute atomic E-state index is 11.1. The molecule has 1 heterocycles. The topological polar surface area (TPSA) is 78.0 Å². The summed E-state index contributed by atoms with van der Waals surface area (Å²) < 4.78 is 0. The summed E-state index contributed by atoms with van der Waals surface area (Å²) in [6.07, 6.45) is 1.16. The Labute approximate surface area is 69.5 Å². The van der Waals surface area contributed by atoms with E-state index in [1.54, 1.807) is 0 Å². The van der Waals surface area contributed by atoms with Crippen molar-refractivity contribution in [2.24, 2.45) is 0 Å². The molecule has 0 radical (unpaired) electrons. The van der Waals surface area contributed by atoms with Gasteiger partial charge in [-0.25, -0.2) is 4.98 Å². The Morgan fingerprint density at radius 1 is 1.67 bits per heavy atom. The fourth-order valence-corrected chi connectivity index (χ4v) is 0.809. The standard InChI is InChI=1S/C7H11N3O2/c1-4(2)10-5-6(11)8-3-9-7(5)12/h3-4,10H,1-2H3,(H2,8,9,11,12). The second-order valence-electron chi connectivity index (χ2n) is 2.73. The van der Waals surface area contributed by atoms with Crippen LogP contribution in [0.3, 0.4) is 0 Å². The van der Waals surface area contributed by atoms with Crippen LogP contribution in [-0.2, 0) is 0 Å². The Morgan fingerprint density at radius 2 is 2.33 bits per heavy atom. The van der Waals surface area contributed by atoms with E-state index < -0.39 is 0 Å². The summed E-state index contributed by atoms with van der Waals surface area (Å²) in [5, 5.41) is 11.9. The molecule has 0 fully saturated rings. The second kappa shape index (κ2) is 3.25. The molecule has 0 aliphatic rings. The van der Waals surface area contributed by atoms with Crippen molar-refractivity contribution in [1.29, 1.82) is 0 Å². The first-order chi connectivity index (χ1) is 5.61. The average molecular weight is 169 g/mol. The molecule has 0 saturated carbocycles. The number of nitrogens with one attached hydrogen (secondary N) is 2. The first-order valence-corrected chi connectivity index (χ1v) is 3.64. The third-order valence-electron chi connectivity index (χ3n) is 1.27. The predicted octanol–water partition coefficient (Wildman–Crippen LogP) is 0.296. The number of hydrogen-bond donors (Lipinski definition) is 3. The Kier molecular flexibility index (Phi) is 2.32. The zero-order chi connectivity index (χ0) is 9.14. The van der Waals surface area contributed by atoms with E-state index in [4.69, 9.17) is 5.11 Å². The zero-order valence-electron chi connectivity index (χ0n) is 6.96. The lowest BCUT2D eigenvalue weighted by Crippen LogP contribution is -2.19. The Hall–Kier alpha value is -1.52. The molecular weight excluding hydrogens is 158 g/mol. The van der Waals surface area contributed by atoms with Crippen molar-refractivity contribution in [3.8, 4) is 5.88 Å². The van der Waals surface area contributed by atoms with E-state index in [9.17, 15) is 4.79 Å². The summed E-state index contributed by atoms with van der Waals surface area (Å²) in [7, 11) is 0. The lowest BCUT2D eigenvalue weighted by molar-refractivity contribution is 0.452. The maximum atomic E-state index is 11.1. The van der Waals surface area contributed by atoms with Gasteiger partial charge in [0.1, 0.15) is 0 Å². The minimum atomic E-state index is -0.365. The van der Waals surface area contributed by atoms with Crippen molar-refractivity contribution in [1.82, 2.24) is 9.97 Å². The molecule has 3 N–H and O–H groups in total. The van der Waals surface area contributed by atoms with Gasteiger partial charge in [0.2, 0.25) is 5.88 Å². The smallest absolute Gasteiger partial charge is 0.278 e. The van der Waals surface area contributed by atoms with E-state index >= 15 is 0 Å². The summed E-state index contributed by atoms with van der Waals surface area (Å²) in [5.74, 6) is -0.271. The Bertz CT molecular complexity index is 319. The number of aromatic nitrogens is 2. The van der Waals surface area contributed by atoms with Crippen molar-refractivity contribution in [2.75, 3.05) is 5.32 Å². The molecule has 1 aromatic heterocycles. The van der Waals surface area contributed by atoms with Gasteiger partial charge in [-0.05, 0) is 13.8 Å². The zero-order valence-corrected chi connectivity index (χ0v) is 6.96. The van der Waals surface area contributed by atoms with Crippen LogP contribution in [0.4, 0.5) is 5.69 Å². The molecule has 0 bridgehead atoms. The molecule has 0 saturated heterocycles. The normalized spacial score (nSPS) is 10.2. The van der Waals surface area contributed by atoms with Gasteiger partial charge in [-0.15, -0.1) is 0 Å². The van der Waals surface area contributed by atoms with Gasteiger partial charge in [0.25, 0.3) is 5.56 Å². The number of hydrogen-bond acceptors (Lipinski definition) is 4. The van der Waals surface area contributed by atoms with Crippen LogP contribution in [0.5, 0.6) is 5.88 Å². The molecule has 12 heavy (non-hydrogen) atoms. The van der Waals surface area contributed by atoms with Crippen LogP contribution in [0, 0.1) is 0 Å². The van der Waals surface area contributed by atoms with Crippen LogP contribution >= 0.6 is 0 Å². The largest absolute Gasteiger partial charge is 0.492 e. The van der Waals surface area contributed by atoms with Crippen LogP contribution < -0.4 is 10.9 Å². The number of H-pyrrole nitrogens is 1. The fraction of sp³-hybridized carbons (Fsp3) is 0.429.